The Morgan fingerprint density at radius 1 is 0.857 bits per heavy atom. The molecule has 5 aromatic carbocycles. The monoisotopic (exact) mass is 666 g/mol. The van der Waals surface area contributed by atoms with Crippen LogP contribution in [0.5, 0.6) is 17.2 Å². The molecule has 250 valence electrons. The molecule has 0 radical (unpaired) electrons. The van der Waals surface area contributed by atoms with Crippen LogP contribution in [0.2, 0.25) is 0 Å². The van der Waals surface area contributed by atoms with Crippen LogP contribution in [-0.4, -0.2) is 23.5 Å². The number of carbonyl (C=O) groups is 2. The highest BCUT2D eigenvalue weighted by Gasteiger charge is 2.31. The van der Waals surface area contributed by atoms with Gasteiger partial charge in [-0.1, -0.05) is 78.9 Å². The summed E-state index contributed by atoms with van der Waals surface area (Å²) in [7, 11) is 0. The summed E-state index contributed by atoms with van der Waals surface area (Å²) in [6.07, 6.45) is -4.07. The van der Waals surface area contributed by atoms with E-state index in [0.717, 1.165) is 28.8 Å². The van der Waals surface area contributed by atoms with Gasteiger partial charge in [0.1, 0.15) is 29.9 Å². The largest absolute Gasteiger partial charge is 0.489 e. The Hall–Kier alpha value is -5.61. The predicted octanol–water partition coefficient (Wildman–Crippen LogP) is 8.26. The van der Waals surface area contributed by atoms with E-state index < -0.39 is 35.7 Å². The fourth-order valence-electron chi connectivity index (χ4n) is 5.80. The molecule has 1 amide bonds. The molecule has 1 aliphatic rings. The number of hydrogen-bond donors (Lipinski definition) is 3. The first-order chi connectivity index (χ1) is 23.6. The standard InChI is InChI=1S/C39H33F3N2O5/c40-39(41,42)29-17-10-25(11-18-29)24-48-31-19-16-27-20-21-43-37(33(27)22-31)38(47)44-34(23-36(45)46)28-14-12-26(13-15-28)32-8-4-5-9-35(32)49-30-6-2-1-3-7-30/h1-19,22,34,37,43H,20-21,23-24H2,(H,44,47)(H,45,46). The zero-order valence-electron chi connectivity index (χ0n) is 26.2. The Balaban J connectivity index is 1.17. The number of alkyl halides is 3. The number of amides is 1. The molecule has 0 spiro atoms. The van der Waals surface area contributed by atoms with Gasteiger partial charge >= 0.3 is 12.1 Å². The van der Waals surface area contributed by atoms with Crippen LogP contribution >= 0.6 is 0 Å². The zero-order chi connectivity index (χ0) is 34.4. The Labute approximate surface area is 281 Å². The SMILES string of the molecule is O=C(O)CC(NC(=O)C1NCCc2ccc(OCc3ccc(C(F)(F)F)cc3)cc21)c1ccc(-c2ccccc2Oc2ccccc2)cc1. The van der Waals surface area contributed by atoms with Gasteiger partial charge in [0.05, 0.1) is 18.0 Å². The molecule has 0 aromatic heterocycles. The van der Waals surface area contributed by atoms with Crippen LogP contribution < -0.4 is 20.1 Å². The number of aliphatic carboxylic acids is 1. The third-order valence-electron chi connectivity index (χ3n) is 8.30. The van der Waals surface area contributed by atoms with Crippen molar-refractivity contribution in [2.24, 2.45) is 0 Å². The molecule has 6 rings (SSSR count). The lowest BCUT2D eigenvalue weighted by Crippen LogP contribution is -2.43. The maximum Gasteiger partial charge on any atom is 0.416 e. The van der Waals surface area contributed by atoms with Gasteiger partial charge in [0.2, 0.25) is 5.91 Å². The Kier molecular flexibility index (Phi) is 9.96. The molecule has 1 heterocycles. The van der Waals surface area contributed by atoms with E-state index in [2.05, 4.69) is 10.6 Å². The summed E-state index contributed by atoms with van der Waals surface area (Å²) in [4.78, 5) is 25.6. The van der Waals surface area contributed by atoms with Crippen LogP contribution in [0.25, 0.3) is 11.1 Å². The highest BCUT2D eigenvalue weighted by molar-refractivity contribution is 5.85. The number of benzene rings is 5. The molecular formula is C39H33F3N2O5. The summed E-state index contributed by atoms with van der Waals surface area (Å²) in [5.41, 5.74) is 3.81. The number of carboxylic acids is 1. The van der Waals surface area contributed by atoms with Crippen molar-refractivity contribution >= 4 is 11.9 Å². The van der Waals surface area contributed by atoms with Crippen LogP contribution in [0, 0.1) is 0 Å². The van der Waals surface area contributed by atoms with Crippen molar-refractivity contribution in [2.75, 3.05) is 6.54 Å². The van der Waals surface area contributed by atoms with Crippen molar-refractivity contribution in [3.05, 3.63) is 149 Å². The number of hydrogen-bond acceptors (Lipinski definition) is 5. The van der Waals surface area contributed by atoms with Crippen molar-refractivity contribution in [1.82, 2.24) is 10.6 Å². The minimum absolute atomic E-state index is 0.0424. The van der Waals surface area contributed by atoms with Crippen molar-refractivity contribution in [3.63, 3.8) is 0 Å². The molecule has 3 N–H and O–H groups in total. The summed E-state index contributed by atoms with van der Waals surface area (Å²) in [5, 5.41) is 15.9. The summed E-state index contributed by atoms with van der Waals surface area (Å²) >= 11 is 0. The first kappa shape index (κ1) is 33.3. The van der Waals surface area contributed by atoms with Gasteiger partial charge in [-0.3, -0.25) is 9.59 Å². The average molecular weight is 667 g/mol. The van der Waals surface area contributed by atoms with Crippen LogP contribution in [0.3, 0.4) is 0 Å². The van der Waals surface area contributed by atoms with Crippen molar-refractivity contribution in [2.45, 2.75) is 37.7 Å². The lowest BCUT2D eigenvalue weighted by Gasteiger charge is -2.28. The molecule has 7 nitrogen and oxygen atoms in total. The Morgan fingerprint density at radius 3 is 2.29 bits per heavy atom. The predicted molar refractivity (Wildman–Crippen MR) is 178 cm³/mol. The van der Waals surface area contributed by atoms with Crippen molar-refractivity contribution < 1.29 is 37.3 Å². The van der Waals surface area contributed by atoms with E-state index in [4.69, 9.17) is 9.47 Å². The van der Waals surface area contributed by atoms with Gasteiger partial charge in [0.25, 0.3) is 0 Å². The molecule has 49 heavy (non-hydrogen) atoms. The second-order valence-electron chi connectivity index (χ2n) is 11.7. The number of nitrogens with one attached hydrogen (secondary N) is 2. The summed E-state index contributed by atoms with van der Waals surface area (Å²) in [5.74, 6) is 0.368. The highest BCUT2D eigenvalue weighted by Crippen LogP contribution is 2.35. The summed E-state index contributed by atoms with van der Waals surface area (Å²) < 4.78 is 50.8. The van der Waals surface area contributed by atoms with Gasteiger partial charge in [-0.05, 0) is 76.7 Å². The number of fused-ring (bicyclic) bond motifs is 1. The van der Waals surface area contributed by atoms with E-state index >= 15 is 0 Å². The number of rotatable bonds is 11. The molecule has 0 saturated heterocycles. The molecule has 2 unspecified atom stereocenters. The molecule has 0 bridgehead atoms. The van der Waals surface area contributed by atoms with E-state index in [1.165, 1.54) is 12.1 Å². The van der Waals surface area contributed by atoms with Gasteiger partial charge in [-0.15, -0.1) is 0 Å². The molecule has 1 aliphatic heterocycles. The second kappa shape index (κ2) is 14.7. The molecule has 0 aliphatic carbocycles. The number of halogens is 3. The number of carboxylic acid groups (broad SMARTS) is 1. The van der Waals surface area contributed by atoms with Crippen LogP contribution in [0.1, 0.15) is 46.3 Å². The topological polar surface area (TPSA) is 96.9 Å². The number of carbonyl (C=O) groups excluding carboxylic acids is 1. The van der Waals surface area contributed by atoms with Crippen molar-refractivity contribution in [1.29, 1.82) is 0 Å². The highest BCUT2D eigenvalue weighted by atomic mass is 19.4. The molecule has 0 saturated carbocycles. The fraction of sp³-hybridized carbons (Fsp3) is 0.179. The smallest absolute Gasteiger partial charge is 0.416 e. The minimum Gasteiger partial charge on any atom is -0.489 e. The molecule has 2 atom stereocenters. The lowest BCUT2D eigenvalue weighted by atomic mass is 9.92. The Morgan fingerprint density at radius 2 is 1.57 bits per heavy atom. The molecule has 10 heteroatoms. The quantitative estimate of drug-likeness (QED) is 0.131. The van der Waals surface area contributed by atoms with E-state index in [1.54, 1.807) is 24.3 Å². The third-order valence-corrected chi connectivity index (χ3v) is 8.30. The first-order valence-electron chi connectivity index (χ1n) is 15.7. The second-order valence-corrected chi connectivity index (χ2v) is 11.7. The Bertz CT molecular complexity index is 1910. The maximum atomic E-state index is 13.7. The minimum atomic E-state index is -4.42. The summed E-state index contributed by atoms with van der Waals surface area (Å²) in [6.45, 7) is 0.584. The fourth-order valence-corrected chi connectivity index (χ4v) is 5.80. The van der Waals surface area contributed by atoms with Crippen LogP contribution in [0.4, 0.5) is 13.2 Å². The molecule has 5 aromatic rings. The van der Waals surface area contributed by atoms with Gasteiger partial charge in [0.15, 0.2) is 0 Å². The summed E-state index contributed by atoms with van der Waals surface area (Å²) in [6, 6.07) is 33.0. The van der Waals surface area contributed by atoms with Gasteiger partial charge in [-0.25, -0.2) is 0 Å². The van der Waals surface area contributed by atoms with Gasteiger partial charge < -0.3 is 25.2 Å². The third kappa shape index (κ3) is 8.28. The van der Waals surface area contributed by atoms with E-state index in [-0.39, 0.29) is 13.0 Å². The zero-order valence-corrected chi connectivity index (χ0v) is 26.2. The number of ether oxygens (including phenoxy) is 2. The van der Waals surface area contributed by atoms with E-state index in [9.17, 15) is 27.9 Å². The van der Waals surface area contributed by atoms with Gasteiger partial charge in [0, 0.05) is 12.1 Å². The maximum absolute atomic E-state index is 13.7. The van der Waals surface area contributed by atoms with Crippen molar-refractivity contribution in [3.8, 4) is 28.4 Å². The van der Waals surface area contributed by atoms with Crippen LogP contribution in [-0.2, 0) is 28.8 Å². The average Bonchev–Trinajstić information content (AvgIpc) is 3.10. The van der Waals surface area contributed by atoms with E-state index in [0.29, 0.717) is 46.9 Å². The molecule has 0 fully saturated rings. The van der Waals surface area contributed by atoms with E-state index in [1.807, 2.05) is 72.8 Å². The lowest BCUT2D eigenvalue weighted by molar-refractivity contribution is -0.138. The van der Waals surface area contributed by atoms with Crippen LogP contribution in [0.15, 0.2) is 121 Å². The number of para-hydroxylation sites is 2. The van der Waals surface area contributed by atoms with Gasteiger partial charge in [-0.2, -0.15) is 13.2 Å². The molecular weight excluding hydrogens is 633 g/mol. The first-order valence-corrected chi connectivity index (χ1v) is 15.7. The normalized spacial score (nSPS) is 14.7.